The van der Waals surface area contributed by atoms with Crippen LogP contribution in [0.5, 0.6) is 0 Å². The van der Waals surface area contributed by atoms with Crippen LogP contribution < -0.4 is 5.73 Å². The first-order chi connectivity index (χ1) is 7.91. The van der Waals surface area contributed by atoms with Crippen molar-refractivity contribution in [3.63, 3.8) is 0 Å². The van der Waals surface area contributed by atoms with Gasteiger partial charge in [-0.1, -0.05) is 34.6 Å². The van der Waals surface area contributed by atoms with Crippen LogP contribution in [0.15, 0.2) is 4.99 Å². The molecule has 0 saturated heterocycles. The zero-order valence-electron chi connectivity index (χ0n) is 12.2. The Hall–Kier alpha value is -0.730. The maximum absolute atomic E-state index is 6.07. The SMILES string of the molecule is CCCN1C(N)=NCC1(CC(C)C)CC(C)C. The summed E-state index contributed by atoms with van der Waals surface area (Å²) in [4.78, 5) is 6.88. The summed E-state index contributed by atoms with van der Waals surface area (Å²) in [5, 5.41) is 0. The van der Waals surface area contributed by atoms with Crippen molar-refractivity contribution in [2.45, 2.75) is 59.4 Å². The van der Waals surface area contributed by atoms with Crippen molar-refractivity contribution < 1.29 is 0 Å². The van der Waals surface area contributed by atoms with Crippen molar-refractivity contribution in [3.05, 3.63) is 0 Å². The molecule has 100 valence electrons. The van der Waals surface area contributed by atoms with Crippen LogP contribution in [0.1, 0.15) is 53.9 Å². The third-order valence-corrected chi connectivity index (χ3v) is 3.41. The Morgan fingerprint density at radius 3 is 2.18 bits per heavy atom. The standard InChI is InChI=1S/C14H29N3/c1-6-7-17-13(15)16-10-14(17,8-11(2)3)9-12(4)5/h11-12H,6-10H2,1-5H3,(H2,15,16). The van der Waals surface area contributed by atoms with E-state index in [1.54, 1.807) is 0 Å². The van der Waals surface area contributed by atoms with E-state index in [0.717, 1.165) is 25.5 Å². The van der Waals surface area contributed by atoms with Crippen LogP contribution in [0, 0.1) is 11.8 Å². The van der Waals surface area contributed by atoms with Gasteiger partial charge in [0.15, 0.2) is 5.96 Å². The molecule has 17 heavy (non-hydrogen) atoms. The van der Waals surface area contributed by atoms with E-state index in [1.807, 2.05) is 0 Å². The zero-order valence-corrected chi connectivity index (χ0v) is 12.2. The molecular formula is C14H29N3. The van der Waals surface area contributed by atoms with Crippen LogP contribution in [0.4, 0.5) is 0 Å². The van der Waals surface area contributed by atoms with E-state index in [9.17, 15) is 0 Å². The molecule has 0 fully saturated rings. The molecule has 3 nitrogen and oxygen atoms in total. The van der Waals surface area contributed by atoms with E-state index < -0.39 is 0 Å². The molecule has 0 unspecified atom stereocenters. The second kappa shape index (κ2) is 5.74. The van der Waals surface area contributed by atoms with Crippen LogP contribution in [0.25, 0.3) is 0 Å². The lowest BCUT2D eigenvalue weighted by atomic mass is 9.81. The molecule has 2 N–H and O–H groups in total. The summed E-state index contributed by atoms with van der Waals surface area (Å²) in [7, 11) is 0. The Bertz CT molecular complexity index is 259. The van der Waals surface area contributed by atoms with Gasteiger partial charge in [0.05, 0.1) is 12.1 Å². The van der Waals surface area contributed by atoms with Gasteiger partial charge in [0.2, 0.25) is 0 Å². The first kappa shape index (κ1) is 14.3. The predicted octanol–water partition coefficient (Wildman–Crippen LogP) is 2.86. The topological polar surface area (TPSA) is 41.6 Å². The number of hydrogen-bond donors (Lipinski definition) is 1. The second-order valence-electron chi connectivity index (χ2n) is 6.25. The Balaban J connectivity index is 2.89. The molecule has 0 aromatic carbocycles. The van der Waals surface area contributed by atoms with Crippen molar-refractivity contribution in [2.75, 3.05) is 13.1 Å². The minimum atomic E-state index is 0.183. The fraction of sp³-hybridized carbons (Fsp3) is 0.929. The van der Waals surface area contributed by atoms with Gasteiger partial charge in [-0.2, -0.15) is 0 Å². The lowest BCUT2D eigenvalue weighted by Crippen LogP contribution is -2.53. The summed E-state index contributed by atoms with van der Waals surface area (Å²) in [5.41, 5.74) is 6.25. The largest absolute Gasteiger partial charge is 0.370 e. The number of nitrogens with zero attached hydrogens (tertiary/aromatic N) is 2. The molecule has 0 amide bonds. The van der Waals surface area contributed by atoms with Crippen molar-refractivity contribution in [1.82, 2.24) is 4.90 Å². The Morgan fingerprint density at radius 1 is 1.24 bits per heavy atom. The molecule has 0 spiro atoms. The number of nitrogens with two attached hydrogens (primary N) is 1. The lowest BCUT2D eigenvalue weighted by molar-refractivity contribution is 0.136. The number of hydrogen-bond acceptors (Lipinski definition) is 3. The molecule has 0 aromatic heterocycles. The van der Waals surface area contributed by atoms with Crippen molar-refractivity contribution in [2.24, 2.45) is 22.6 Å². The van der Waals surface area contributed by atoms with E-state index in [1.165, 1.54) is 12.8 Å². The summed E-state index contributed by atoms with van der Waals surface area (Å²) < 4.78 is 0. The summed E-state index contributed by atoms with van der Waals surface area (Å²) >= 11 is 0. The summed E-state index contributed by atoms with van der Waals surface area (Å²) in [6.07, 6.45) is 3.51. The molecule has 0 bridgehead atoms. The van der Waals surface area contributed by atoms with Crippen molar-refractivity contribution >= 4 is 5.96 Å². The van der Waals surface area contributed by atoms with Crippen LogP contribution >= 0.6 is 0 Å². The van der Waals surface area contributed by atoms with Gasteiger partial charge in [0, 0.05) is 6.54 Å². The summed E-state index contributed by atoms with van der Waals surface area (Å²) in [6.45, 7) is 13.3. The van der Waals surface area contributed by atoms with Crippen LogP contribution in [0.2, 0.25) is 0 Å². The highest BCUT2D eigenvalue weighted by molar-refractivity contribution is 5.81. The summed E-state index contributed by atoms with van der Waals surface area (Å²) in [6, 6.07) is 0. The van der Waals surface area contributed by atoms with Gasteiger partial charge in [-0.25, -0.2) is 0 Å². The van der Waals surface area contributed by atoms with Crippen LogP contribution in [-0.4, -0.2) is 29.5 Å². The van der Waals surface area contributed by atoms with Gasteiger partial charge in [-0.15, -0.1) is 0 Å². The number of guanidine groups is 1. The van der Waals surface area contributed by atoms with Crippen molar-refractivity contribution in [1.29, 1.82) is 0 Å². The van der Waals surface area contributed by atoms with E-state index in [2.05, 4.69) is 44.5 Å². The maximum Gasteiger partial charge on any atom is 0.191 e. The highest BCUT2D eigenvalue weighted by atomic mass is 15.4. The zero-order chi connectivity index (χ0) is 13.1. The summed E-state index contributed by atoms with van der Waals surface area (Å²) in [5.74, 6) is 2.14. The first-order valence-corrected chi connectivity index (χ1v) is 6.99. The minimum Gasteiger partial charge on any atom is -0.370 e. The van der Waals surface area contributed by atoms with E-state index >= 15 is 0 Å². The molecule has 0 atom stereocenters. The fourth-order valence-electron chi connectivity index (χ4n) is 3.17. The highest BCUT2D eigenvalue weighted by Crippen LogP contribution is 2.34. The number of aliphatic imine (C=N–C) groups is 1. The first-order valence-electron chi connectivity index (χ1n) is 6.99. The molecule has 1 rings (SSSR count). The average molecular weight is 239 g/mol. The minimum absolute atomic E-state index is 0.183. The van der Waals surface area contributed by atoms with Gasteiger partial charge in [-0.3, -0.25) is 4.99 Å². The molecule has 0 radical (unpaired) electrons. The Morgan fingerprint density at radius 2 is 1.76 bits per heavy atom. The molecule has 1 heterocycles. The van der Waals surface area contributed by atoms with Gasteiger partial charge in [0.1, 0.15) is 0 Å². The van der Waals surface area contributed by atoms with Gasteiger partial charge < -0.3 is 10.6 Å². The smallest absolute Gasteiger partial charge is 0.191 e. The molecule has 1 aliphatic heterocycles. The molecule has 0 aliphatic carbocycles. The third kappa shape index (κ3) is 3.36. The fourth-order valence-corrected chi connectivity index (χ4v) is 3.17. The maximum atomic E-state index is 6.07. The van der Waals surface area contributed by atoms with Crippen LogP contribution in [-0.2, 0) is 0 Å². The lowest BCUT2D eigenvalue weighted by Gasteiger charge is -2.42. The highest BCUT2D eigenvalue weighted by Gasteiger charge is 2.42. The molecular weight excluding hydrogens is 210 g/mol. The number of rotatable bonds is 6. The van der Waals surface area contributed by atoms with Crippen LogP contribution in [0.3, 0.4) is 0 Å². The van der Waals surface area contributed by atoms with Gasteiger partial charge in [-0.05, 0) is 31.1 Å². The second-order valence-corrected chi connectivity index (χ2v) is 6.25. The Labute approximate surface area is 106 Å². The van der Waals surface area contributed by atoms with Gasteiger partial charge in [0.25, 0.3) is 0 Å². The van der Waals surface area contributed by atoms with E-state index in [4.69, 9.17) is 5.73 Å². The molecule has 1 aliphatic rings. The predicted molar refractivity (Wildman–Crippen MR) is 75.1 cm³/mol. The average Bonchev–Trinajstić information content (AvgIpc) is 2.45. The van der Waals surface area contributed by atoms with Crippen molar-refractivity contribution in [3.8, 4) is 0 Å². The quantitative estimate of drug-likeness (QED) is 0.774. The monoisotopic (exact) mass is 239 g/mol. The van der Waals surface area contributed by atoms with E-state index in [-0.39, 0.29) is 5.54 Å². The Kier molecular flexibility index (Phi) is 4.84. The third-order valence-electron chi connectivity index (χ3n) is 3.41. The normalized spacial score (nSPS) is 19.2. The molecule has 3 heteroatoms. The molecule has 0 saturated carbocycles. The molecule has 0 aromatic rings. The van der Waals surface area contributed by atoms with E-state index in [0.29, 0.717) is 11.8 Å². The van der Waals surface area contributed by atoms with Gasteiger partial charge >= 0.3 is 0 Å².